The van der Waals surface area contributed by atoms with E-state index in [1.807, 2.05) is 22.2 Å². The molecule has 2 saturated heterocycles. The van der Waals surface area contributed by atoms with Crippen molar-refractivity contribution >= 4 is 29.7 Å². The van der Waals surface area contributed by atoms with E-state index in [-0.39, 0.29) is 24.3 Å². The van der Waals surface area contributed by atoms with E-state index in [2.05, 4.69) is 62.4 Å². The summed E-state index contributed by atoms with van der Waals surface area (Å²) in [6, 6.07) is -0.891. The Kier molecular flexibility index (Phi) is 22.1. The zero-order valence-corrected chi connectivity index (χ0v) is 39.1. The van der Waals surface area contributed by atoms with Crippen molar-refractivity contribution in [3.05, 3.63) is 23.8 Å². The maximum Gasteiger partial charge on any atom is 0.247 e. The summed E-state index contributed by atoms with van der Waals surface area (Å²) in [5.74, 6) is 4.03. The van der Waals surface area contributed by atoms with E-state index in [4.69, 9.17) is 47.1 Å². The number of nitrogens with zero attached hydrogens (tertiary/aromatic N) is 13. The van der Waals surface area contributed by atoms with Gasteiger partial charge in [0, 0.05) is 71.3 Å². The van der Waals surface area contributed by atoms with E-state index in [0.29, 0.717) is 129 Å². The highest BCUT2D eigenvalue weighted by molar-refractivity contribution is 5.81. The van der Waals surface area contributed by atoms with Crippen molar-refractivity contribution in [1.29, 1.82) is 0 Å². The number of rotatable bonds is 30. The molecule has 360 valence electrons. The average molecular weight is 907 g/mol. The van der Waals surface area contributed by atoms with Crippen LogP contribution in [0.3, 0.4) is 0 Å². The van der Waals surface area contributed by atoms with Crippen LogP contribution in [-0.2, 0) is 36.6 Å². The second-order valence-corrected chi connectivity index (χ2v) is 16.7. The Hall–Kier alpha value is -5.01. The molecule has 2 aliphatic rings. The molecule has 0 saturated carbocycles. The molecule has 5 N–H and O–H groups in total. The van der Waals surface area contributed by atoms with Crippen LogP contribution in [0.2, 0.25) is 0 Å². The van der Waals surface area contributed by atoms with E-state index in [1.165, 1.54) is 0 Å². The quantitative estimate of drug-likeness (QED) is 0.0638. The van der Waals surface area contributed by atoms with Gasteiger partial charge in [-0.2, -0.15) is 15.0 Å². The number of amides is 2. The third-order valence-corrected chi connectivity index (χ3v) is 11.9. The van der Waals surface area contributed by atoms with Gasteiger partial charge in [0.25, 0.3) is 0 Å². The lowest BCUT2D eigenvalue weighted by atomic mass is 9.97. The summed E-state index contributed by atoms with van der Waals surface area (Å²) < 4.78 is 20.1. The number of unbranched alkanes of at least 4 members (excludes halogenated alkanes) is 3. The number of terminal acetylenes is 1. The lowest BCUT2D eigenvalue weighted by Gasteiger charge is -2.38. The molecule has 0 radical (unpaired) electrons. The first-order valence-electron chi connectivity index (χ1n) is 23.8. The fourth-order valence-electron chi connectivity index (χ4n) is 7.82. The number of aryl methyl sites for hydroxylation is 2. The highest BCUT2D eigenvalue weighted by Gasteiger charge is 2.35. The first-order valence-corrected chi connectivity index (χ1v) is 23.8. The maximum atomic E-state index is 14.2. The Bertz CT molecular complexity index is 1870. The molecule has 0 aromatic carbocycles. The first kappa shape index (κ1) is 51.0. The van der Waals surface area contributed by atoms with Crippen LogP contribution in [0.25, 0.3) is 0 Å². The van der Waals surface area contributed by atoms with Gasteiger partial charge in [0.15, 0.2) is 0 Å². The van der Waals surface area contributed by atoms with Gasteiger partial charge in [0.05, 0.1) is 44.4 Å². The molecule has 65 heavy (non-hydrogen) atoms. The normalized spacial score (nSPS) is 15.8. The van der Waals surface area contributed by atoms with E-state index in [9.17, 15) is 9.59 Å². The van der Waals surface area contributed by atoms with Crippen LogP contribution in [-0.4, -0.2) is 178 Å². The Balaban J connectivity index is 1.24. The summed E-state index contributed by atoms with van der Waals surface area (Å²) >= 11 is 0. The second kappa shape index (κ2) is 28.1. The third kappa shape index (κ3) is 15.8. The number of hydrogen-bond donors (Lipinski definition) is 3. The smallest absolute Gasteiger partial charge is 0.247 e. The number of anilines is 3. The molecular weight excluding hydrogens is 833 g/mol. The van der Waals surface area contributed by atoms with Crippen molar-refractivity contribution in [1.82, 2.24) is 54.7 Å². The molecule has 3 aromatic heterocycles. The zero-order valence-electron chi connectivity index (χ0n) is 39.1. The minimum atomic E-state index is -0.449. The minimum absolute atomic E-state index is 0.0321. The van der Waals surface area contributed by atoms with Crippen molar-refractivity contribution in [2.75, 3.05) is 127 Å². The summed E-state index contributed by atoms with van der Waals surface area (Å²) in [4.78, 5) is 51.0. The number of carbonyl (C=O) groups excluding carboxylic acids is 2. The van der Waals surface area contributed by atoms with Crippen LogP contribution in [0.5, 0.6) is 0 Å². The van der Waals surface area contributed by atoms with Crippen molar-refractivity contribution in [3.8, 4) is 12.3 Å². The summed E-state index contributed by atoms with van der Waals surface area (Å²) in [5.41, 5.74) is 13.3. The van der Waals surface area contributed by atoms with Crippen LogP contribution < -0.4 is 26.6 Å². The second-order valence-electron chi connectivity index (χ2n) is 16.7. The van der Waals surface area contributed by atoms with E-state index < -0.39 is 12.1 Å². The molecule has 0 bridgehead atoms. The number of aromatic nitrogens is 9. The van der Waals surface area contributed by atoms with Gasteiger partial charge in [-0.1, -0.05) is 50.0 Å². The number of ether oxygens (including phenoxy) is 3. The summed E-state index contributed by atoms with van der Waals surface area (Å²) in [6.07, 6.45) is 17.7. The number of carbonyl (C=O) groups is 2. The van der Waals surface area contributed by atoms with Crippen molar-refractivity contribution < 1.29 is 23.8 Å². The van der Waals surface area contributed by atoms with Crippen LogP contribution in [0.1, 0.15) is 95.6 Å². The van der Waals surface area contributed by atoms with Gasteiger partial charge in [-0.3, -0.25) is 9.59 Å². The van der Waals surface area contributed by atoms with Crippen LogP contribution in [0.15, 0.2) is 12.4 Å². The number of piperazine rings is 2. The topological polar surface area (TPSA) is 239 Å². The molecule has 0 aliphatic carbocycles. The van der Waals surface area contributed by atoms with Gasteiger partial charge in [-0.25, -0.2) is 9.36 Å². The lowest BCUT2D eigenvalue weighted by Crippen LogP contribution is -2.52. The van der Waals surface area contributed by atoms with Gasteiger partial charge < -0.3 is 50.6 Å². The molecule has 5 rings (SSSR count). The minimum Gasteiger partial charge on any atom is -0.377 e. The molecule has 0 unspecified atom stereocenters. The molecule has 2 amide bonds. The highest BCUT2D eigenvalue weighted by atomic mass is 16.5. The molecular formula is C44H74N16O5. The highest BCUT2D eigenvalue weighted by Crippen LogP contribution is 2.26. The van der Waals surface area contributed by atoms with Gasteiger partial charge in [-0.15, -0.1) is 16.6 Å². The van der Waals surface area contributed by atoms with Gasteiger partial charge in [0.1, 0.15) is 18.7 Å². The van der Waals surface area contributed by atoms with Crippen molar-refractivity contribution in [3.63, 3.8) is 0 Å². The molecule has 2 fully saturated rings. The van der Waals surface area contributed by atoms with Crippen molar-refractivity contribution in [2.45, 2.75) is 97.1 Å². The average Bonchev–Trinajstić information content (AvgIpc) is 4.01. The summed E-state index contributed by atoms with van der Waals surface area (Å²) in [6.45, 7) is 14.6. The van der Waals surface area contributed by atoms with Gasteiger partial charge in [-0.05, 0) is 70.4 Å². The Labute approximate surface area is 384 Å². The molecule has 3 aromatic rings. The molecule has 5 heterocycles. The Morgan fingerprint density at radius 2 is 1.28 bits per heavy atom. The van der Waals surface area contributed by atoms with Crippen LogP contribution in [0.4, 0.5) is 17.8 Å². The monoisotopic (exact) mass is 907 g/mol. The number of nitrogens with two attached hydrogens (primary N) is 2. The van der Waals surface area contributed by atoms with Crippen LogP contribution >= 0.6 is 0 Å². The first-order chi connectivity index (χ1) is 31.8. The Morgan fingerprint density at radius 1 is 0.723 bits per heavy atom. The zero-order chi connectivity index (χ0) is 46.2. The molecule has 21 nitrogen and oxygen atoms in total. The fourth-order valence-corrected chi connectivity index (χ4v) is 7.82. The molecule has 0 spiro atoms. The van der Waals surface area contributed by atoms with Crippen LogP contribution in [0, 0.1) is 18.3 Å². The molecule has 2 aliphatic heterocycles. The summed E-state index contributed by atoms with van der Waals surface area (Å²) in [5, 5.41) is 20.9. The van der Waals surface area contributed by atoms with Gasteiger partial charge in [0.2, 0.25) is 29.7 Å². The van der Waals surface area contributed by atoms with E-state index in [0.717, 1.165) is 69.2 Å². The third-order valence-electron chi connectivity index (χ3n) is 11.9. The van der Waals surface area contributed by atoms with Crippen molar-refractivity contribution in [2.24, 2.45) is 17.4 Å². The molecule has 21 heteroatoms. The predicted molar refractivity (Wildman–Crippen MR) is 248 cm³/mol. The predicted octanol–water partition coefficient (Wildman–Crippen LogP) is 1.73. The fraction of sp³-hybridized carbons (Fsp3) is 0.750. The van der Waals surface area contributed by atoms with E-state index >= 15 is 0 Å². The Morgan fingerprint density at radius 3 is 1.88 bits per heavy atom. The number of hydrogen-bond acceptors (Lipinski definition) is 17. The van der Waals surface area contributed by atoms with E-state index in [1.54, 1.807) is 9.36 Å². The number of nitrogens with one attached hydrogen (secondary N) is 1. The maximum absolute atomic E-state index is 14.2. The largest absolute Gasteiger partial charge is 0.377 e. The molecule has 3 atom stereocenters. The standard InChI is InChI=1S/C44H74N16O5/c1-5-8-13-36-33-59(53-51-36)38(15-10-12-17-46)40(61)55-19-23-57(24-20-55)43-48-42(47-18-28-64-30-32-65-31-29-63-27-6-2)49-44(50-43)58-25-21-56(22-26-58)41(62)39(35(4)7-3)60-34-37(52-54-60)14-9-11-16-45/h2,33-35,38-39H,5,7-32,45-46H2,1,3-4H3,(H,47,48,49,50)/t35-,38-,39-/m0/s1. The van der Waals surface area contributed by atoms with Gasteiger partial charge >= 0.3 is 0 Å². The lowest BCUT2D eigenvalue weighted by molar-refractivity contribution is -0.137. The summed E-state index contributed by atoms with van der Waals surface area (Å²) in [7, 11) is 0. The SMILES string of the molecule is C#CCOCCOCCOCCNc1nc(N2CCN(C(=O)[C@H]([C@@H](C)CC)n3cc(CCCCN)nn3)CC2)nc(N2CCN(C(=O)[C@H](CCCCN)n3cc(CCCC)nn3)CC2)n1.